The van der Waals surface area contributed by atoms with Crippen LogP contribution < -0.4 is 10.6 Å². The van der Waals surface area contributed by atoms with E-state index in [0.29, 0.717) is 52.8 Å². The number of carbonyl (C=O) groups excluding carboxylic acids is 1. The molecule has 1 aliphatic rings. The third-order valence-electron chi connectivity index (χ3n) is 5.42. The van der Waals surface area contributed by atoms with Gasteiger partial charge in [-0.3, -0.25) is 14.7 Å². The second-order valence-electron chi connectivity index (χ2n) is 7.86. The fraction of sp³-hybridized carbons (Fsp3) is 0.364. The van der Waals surface area contributed by atoms with Gasteiger partial charge in [0.2, 0.25) is 0 Å². The molecule has 0 radical (unpaired) electrons. The van der Waals surface area contributed by atoms with Crippen LogP contribution in [0.15, 0.2) is 35.6 Å². The molecule has 0 saturated carbocycles. The number of rotatable bonds is 7. The largest absolute Gasteiger partial charge is 0.388 e. The molecule has 10 heteroatoms. The first-order chi connectivity index (χ1) is 15.4. The summed E-state index contributed by atoms with van der Waals surface area (Å²) in [7, 11) is 3.49. The number of amides is 1. The lowest BCUT2D eigenvalue weighted by molar-refractivity contribution is 0.0571. The van der Waals surface area contributed by atoms with Gasteiger partial charge in [-0.1, -0.05) is 11.6 Å². The molecule has 1 atom stereocenters. The highest BCUT2D eigenvalue weighted by molar-refractivity contribution is 6.31. The maximum atomic E-state index is 13.0. The summed E-state index contributed by atoms with van der Waals surface area (Å²) in [4.78, 5) is 31.4. The lowest BCUT2D eigenvalue weighted by atomic mass is 10.0. The summed E-state index contributed by atoms with van der Waals surface area (Å²) in [5.41, 5.74) is 4.16. The molecule has 4 rings (SSSR count). The minimum atomic E-state index is -0.765. The van der Waals surface area contributed by atoms with Crippen LogP contribution in [0.25, 0.3) is 11.2 Å². The van der Waals surface area contributed by atoms with Gasteiger partial charge in [-0.05, 0) is 25.1 Å². The van der Waals surface area contributed by atoms with E-state index >= 15 is 0 Å². The standard InChI is InChI=1S/C22H25ClFN7O/c1-12(9-31-10-14(24)11-31)29-22(32)16-7-27-21-20(16)30-18(8-28-21)19(26-3)15-5-4-13(23)6-17(15)25-2/h4-8,12,14,25H,9-11H2,1-3H3,(H,27,28)(H,29,32)/t12-/m1/s1. The number of benzene rings is 1. The molecular formula is C22H25ClFN7O. The number of alkyl halides is 1. The molecule has 1 saturated heterocycles. The van der Waals surface area contributed by atoms with Crippen LogP contribution in [0.2, 0.25) is 5.02 Å². The molecule has 0 bridgehead atoms. The van der Waals surface area contributed by atoms with Crippen LogP contribution in [0.1, 0.15) is 28.5 Å². The molecule has 0 spiro atoms. The third kappa shape index (κ3) is 4.44. The van der Waals surface area contributed by atoms with Crippen LogP contribution in [-0.4, -0.2) is 77.4 Å². The van der Waals surface area contributed by atoms with Crippen LogP contribution in [0.5, 0.6) is 0 Å². The number of fused-ring (bicyclic) bond motifs is 1. The normalized spacial score (nSPS) is 16.1. The monoisotopic (exact) mass is 457 g/mol. The summed E-state index contributed by atoms with van der Waals surface area (Å²) in [6.07, 6.45) is 2.46. The minimum absolute atomic E-state index is 0.129. The fourth-order valence-corrected chi connectivity index (χ4v) is 4.04. The summed E-state index contributed by atoms with van der Waals surface area (Å²) in [5.74, 6) is -0.259. The molecular weight excluding hydrogens is 433 g/mol. The van der Waals surface area contributed by atoms with Crippen molar-refractivity contribution >= 4 is 40.1 Å². The molecule has 3 N–H and O–H groups in total. The van der Waals surface area contributed by atoms with Crippen molar-refractivity contribution in [3.63, 3.8) is 0 Å². The van der Waals surface area contributed by atoms with Gasteiger partial charge >= 0.3 is 0 Å². The van der Waals surface area contributed by atoms with Gasteiger partial charge in [0.25, 0.3) is 5.91 Å². The number of H-pyrrole nitrogens is 1. The number of nitrogens with one attached hydrogen (secondary N) is 3. The molecule has 1 amide bonds. The Bertz CT molecular complexity index is 1170. The van der Waals surface area contributed by atoms with E-state index in [1.54, 1.807) is 32.6 Å². The van der Waals surface area contributed by atoms with Crippen molar-refractivity contribution in [1.82, 2.24) is 25.2 Å². The number of anilines is 1. The summed E-state index contributed by atoms with van der Waals surface area (Å²) in [6, 6.07) is 5.34. The van der Waals surface area contributed by atoms with E-state index in [-0.39, 0.29) is 11.9 Å². The molecule has 1 fully saturated rings. The molecule has 168 valence electrons. The first-order valence-electron chi connectivity index (χ1n) is 10.4. The van der Waals surface area contributed by atoms with Crippen molar-refractivity contribution in [2.45, 2.75) is 19.1 Å². The molecule has 1 aliphatic heterocycles. The van der Waals surface area contributed by atoms with Crippen molar-refractivity contribution in [3.8, 4) is 0 Å². The van der Waals surface area contributed by atoms with Crippen molar-refractivity contribution in [3.05, 3.63) is 52.4 Å². The van der Waals surface area contributed by atoms with E-state index < -0.39 is 6.17 Å². The molecule has 3 aromatic rings. The number of aromatic nitrogens is 3. The van der Waals surface area contributed by atoms with Crippen LogP contribution in [0.4, 0.5) is 10.1 Å². The Balaban J connectivity index is 1.60. The van der Waals surface area contributed by atoms with Gasteiger partial charge in [0.15, 0.2) is 5.65 Å². The Kier molecular flexibility index (Phi) is 6.38. The van der Waals surface area contributed by atoms with E-state index in [9.17, 15) is 9.18 Å². The summed E-state index contributed by atoms with van der Waals surface area (Å²) in [6.45, 7) is 3.33. The van der Waals surface area contributed by atoms with Crippen molar-refractivity contribution < 1.29 is 9.18 Å². The van der Waals surface area contributed by atoms with Gasteiger partial charge in [-0.25, -0.2) is 14.4 Å². The molecule has 1 aromatic carbocycles. The van der Waals surface area contributed by atoms with E-state index in [2.05, 4.69) is 25.6 Å². The number of aromatic amines is 1. The highest BCUT2D eigenvalue weighted by Crippen LogP contribution is 2.24. The van der Waals surface area contributed by atoms with E-state index in [1.165, 1.54) is 0 Å². The number of halogens is 2. The Morgan fingerprint density at radius 3 is 2.88 bits per heavy atom. The molecule has 0 unspecified atom stereocenters. The van der Waals surface area contributed by atoms with Crippen LogP contribution >= 0.6 is 11.6 Å². The summed E-state index contributed by atoms with van der Waals surface area (Å²) < 4.78 is 13.0. The van der Waals surface area contributed by atoms with E-state index in [4.69, 9.17) is 16.6 Å². The first-order valence-corrected chi connectivity index (χ1v) is 10.7. The van der Waals surface area contributed by atoms with E-state index in [0.717, 1.165) is 11.3 Å². The van der Waals surface area contributed by atoms with Gasteiger partial charge in [-0.2, -0.15) is 0 Å². The minimum Gasteiger partial charge on any atom is -0.388 e. The average Bonchev–Trinajstić information content (AvgIpc) is 3.17. The van der Waals surface area contributed by atoms with Crippen molar-refractivity contribution in [2.24, 2.45) is 4.99 Å². The third-order valence-corrected chi connectivity index (χ3v) is 5.66. The Hall–Kier alpha value is -3.04. The second-order valence-corrected chi connectivity index (χ2v) is 8.29. The number of nitrogens with zero attached hydrogens (tertiary/aromatic N) is 4. The highest BCUT2D eigenvalue weighted by Gasteiger charge is 2.28. The summed E-state index contributed by atoms with van der Waals surface area (Å²) >= 11 is 6.12. The smallest absolute Gasteiger partial charge is 0.255 e. The zero-order valence-corrected chi connectivity index (χ0v) is 18.9. The number of likely N-dealkylation sites (tertiary alicyclic amines) is 1. The van der Waals surface area contributed by atoms with E-state index in [1.807, 2.05) is 24.0 Å². The molecule has 32 heavy (non-hydrogen) atoms. The predicted molar refractivity (Wildman–Crippen MR) is 125 cm³/mol. The van der Waals surface area contributed by atoms with Gasteiger partial charge in [-0.15, -0.1) is 0 Å². The van der Waals surface area contributed by atoms with Crippen LogP contribution in [-0.2, 0) is 0 Å². The van der Waals surface area contributed by atoms with Gasteiger partial charge in [0.1, 0.15) is 17.4 Å². The van der Waals surface area contributed by atoms with Gasteiger partial charge < -0.3 is 15.6 Å². The van der Waals surface area contributed by atoms with Crippen molar-refractivity contribution in [1.29, 1.82) is 0 Å². The topological polar surface area (TPSA) is 98.3 Å². The van der Waals surface area contributed by atoms with Gasteiger partial charge in [0.05, 0.1) is 17.5 Å². The number of aliphatic imine (C=N–C) groups is 1. The van der Waals surface area contributed by atoms with Crippen LogP contribution in [0.3, 0.4) is 0 Å². The summed E-state index contributed by atoms with van der Waals surface area (Å²) in [5, 5.41) is 6.69. The lowest BCUT2D eigenvalue weighted by Crippen LogP contribution is -2.53. The molecule has 0 aliphatic carbocycles. The maximum Gasteiger partial charge on any atom is 0.255 e. The number of hydrogen-bond donors (Lipinski definition) is 3. The Labute approximate surface area is 190 Å². The quantitative estimate of drug-likeness (QED) is 0.474. The zero-order chi connectivity index (χ0) is 22.8. The fourth-order valence-electron chi connectivity index (χ4n) is 3.87. The molecule has 8 nitrogen and oxygen atoms in total. The Morgan fingerprint density at radius 2 is 2.19 bits per heavy atom. The molecule has 2 aromatic heterocycles. The Morgan fingerprint density at radius 1 is 1.41 bits per heavy atom. The lowest BCUT2D eigenvalue weighted by Gasteiger charge is -2.36. The average molecular weight is 458 g/mol. The number of hydrogen-bond acceptors (Lipinski definition) is 6. The molecule has 3 heterocycles. The maximum absolute atomic E-state index is 13.0. The second kappa shape index (κ2) is 9.22. The SMILES string of the molecule is CN=C(c1cnc2[nH]cc(C(=O)N[C@H](C)CN3CC(F)C3)c2n1)c1ccc(Cl)cc1NC. The van der Waals surface area contributed by atoms with Gasteiger partial charge in [0, 0.05) is 62.2 Å². The predicted octanol–water partition coefficient (Wildman–Crippen LogP) is 2.89. The van der Waals surface area contributed by atoms with Crippen LogP contribution in [0, 0.1) is 0 Å². The highest BCUT2D eigenvalue weighted by atomic mass is 35.5. The number of carbonyl (C=O) groups is 1. The first kappa shape index (κ1) is 22.2. The van der Waals surface area contributed by atoms with Crippen molar-refractivity contribution in [2.75, 3.05) is 39.0 Å². The zero-order valence-electron chi connectivity index (χ0n) is 18.1.